The van der Waals surface area contributed by atoms with Gasteiger partial charge in [0.2, 0.25) is 5.91 Å². The lowest BCUT2D eigenvalue weighted by Crippen LogP contribution is -2.36. The van der Waals surface area contributed by atoms with Crippen LogP contribution in [0, 0.1) is 5.92 Å². The third-order valence-electron chi connectivity index (χ3n) is 2.83. The van der Waals surface area contributed by atoms with Crippen molar-refractivity contribution < 1.29 is 9.53 Å². The zero-order chi connectivity index (χ0) is 14.8. The smallest absolute Gasteiger partial charge is 0.223 e. The van der Waals surface area contributed by atoms with Crippen molar-refractivity contribution in [2.45, 2.75) is 25.2 Å². The lowest BCUT2D eigenvalue weighted by Gasteiger charge is -2.24. The maximum atomic E-state index is 12.2. The molecule has 0 unspecified atom stereocenters. The number of thioether (sulfide) groups is 1. The van der Waals surface area contributed by atoms with Crippen molar-refractivity contribution in [1.82, 2.24) is 4.90 Å². The van der Waals surface area contributed by atoms with E-state index in [1.165, 1.54) is 4.90 Å². The van der Waals surface area contributed by atoms with Crippen LogP contribution in [-0.4, -0.2) is 43.4 Å². The maximum Gasteiger partial charge on any atom is 0.223 e. The van der Waals surface area contributed by atoms with Crippen molar-refractivity contribution >= 4 is 17.7 Å². The van der Waals surface area contributed by atoms with E-state index in [1.54, 1.807) is 18.9 Å². The standard InChI is InChI=1S/C16H25NO2S/c1-14(2)13-17(10-11-19-3)16(18)9-12-20-15-7-5-4-6-8-15/h4-8,14H,9-13H2,1-3H3. The lowest BCUT2D eigenvalue weighted by molar-refractivity contribution is -0.131. The molecule has 0 aliphatic rings. The predicted molar refractivity (Wildman–Crippen MR) is 85.1 cm³/mol. The maximum absolute atomic E-state index is 12.2. The second-order valence-corrected chi connectivity index (χ2v) is 6.31. The van der Waals surface area contributed by atoms with Crippen molar-refractivity contribution in [3.8, 4) is 0 Å². The molecule has 20 heavy (non-hydrogen) atoms. The molecule has 0 fully saturated rings. The van der Waals surface area contributed by atoms with Gasteiger partial charge >= 0.3 is 0 Å². The summed E-state index contributed by atoms with van der Waals surface area (Å²) < 4.78 is 5.08. The van der Waals surface area contributed by atoms with Crippen LogP contribution < -0.4 is 0 Å². The largest absolute Gasteiger partial charge is 0.383 e. The van der Waals surface area contributed by atoms with Gasteiger partial charge < -0.3 is 9.64 Å². The zero-order valence-electron chi connectivity index (χ0n) is 12.7. The molecular weight excluding hydrogens is 270 g/mol. The molecule has 0 aliphatic carbocycles. The Bertz CT molecular complexity index is 381. The molecule has 1 amide bonds. The van der Waals surface area contributed by atoms with Crippen molar-refractivity contribution in [2.24, 2.45) is 5.92 Å². The molecular formula is C16H25NO2S. The number of amides is 1. The van der Waals surface area contributed by atoms with Gasteiger partial charge in [0.1, 0.15) is 0 Å². The first-order valence-corrected chi connectivity index (χ1v) is 8.06. The molecule has 0 saturated heterocycles. The number of nitrogens with zero attached hydrogens (tertiary/aromatic N) is 1. The Morgan fingerprint density at radius 2 is 2.00 bits per heavy atom. The molecule has 112 valence electrons. The average Bonchev–Trinajstić information content (AvgIpc) is 2.44. The van der Waals surface area contributed by atoms with Gasteiger partial charge in [-0.05, 0) is 18.1 Å². The van der Waals surface area contributed by atoms with Gasteiger partial charge in [-0.1, -0.05) is 32.0 Å². The first-order valence-electron chi connectivity index (χ1n) is 7.08. The Balaban J connectivity index is 2.37. The van der Waals surface area contributed by atoms with Gasteiger partial charge in [0.15, 0.2) is 0 Å². The Hall–Kier alpha value is -1.00. The van der Waals surface area contributed by atoms with E-state index in [9.17, 15) is 4.79 Å². The number of ether oxygens (including phenoxy) is 1. The molecule has 0 heterocycles. The number of carbonyl (C=O) groups is 1. The van der Waals surface area contributed by atoms with E-state index < -0.39 is 0 Å². The first kappa shape index (κ1) is 17.1. The van der Waals surface area contributed by atoms with Gasteiger partial charge in [0.25, 0.3) is 0 Å². The van der Waals surface area contributed by atoms with Crippen LogP contribution >= 0.6 is 11.8 Å². The number of hydrogen-bond donors (Lipinski definition) is 0. The monoisotopic (exact) mass is 295 g/mol. The van der Waals surface area contributed by atoms with Gasteiger partial charge in [-0.25, -0.2) is 0 Å². The second kappa shape index (κ2) is 9.83. The fourth-order valence-electron chi connectivity index (χ4n) is 1.89. The molecule has 1 aromatic rings. The molecule has 0 atom stereocenters. The summed E-state index contributed by atoms with van der Waals surface area (Å²) in [7, 11) is 1.67. The van der Waals surface area contributed by atoms with Crippen molar-refractivity contribution in [2.75, 3.05) is 32.6 Å². The van der Waals surface area contributed by atoms with Crippen molar-refractivity contribution in [3.63, 3.8) is 0 Å². The predicted octanol–water partition coefficient (Wildman–Crippen LogP) is 3.30. The second-order valence-electron chi connectivity index (χ2n) is 5.14. The number of carbonyl (C=O) groups excluding carboxylic acids is 1. The molecule has 1 rings (SSSR count). The average molecular weight is 295 g/mol. The topological polar surface area (TPSA) is 29.5 Å². The molecule has 1 aromatic carbocycles. The molecule has 4 heteroatoms. The van der Waals surface area contributed by atoms with Crippen molar-refractivity contribution in [3.05, 3.63) is 30.3 Å². The summed E-state index contributed by atoms with van der Waals surface area (Å²) >= 11 is 1.73. The highest BCUT2D eigenvalue weighted by atomic mass is 32.2. The Kier molecular flexibility index (Phi) is 8.38. The number of methoxy groups -OCH3 is 1. The third-order valence-corrected chi connectivity index (χ3v) is 3.85. The molecule has 0 radical (unpaired) electrons. The van der Waals surface area contributed by atoms with Crippen LogP contribution in [-0.2, 0) is 9.53 Å². The summed E-state index contributed by atoms with van der Waals surface area (Å²) in [5, 5.41) is 0. The van der Waals surface area contributed by atoms with Crippen LogP contribution in [0.5, 0.6) is 0 Å². The van der Waals surface area contributed by atoms with Crippen LogP contribution in [0.1, 0.15) is 20.3 Å². The molecule has 0 N–H and O–H groups in total. The number of hydrogen-bond acceptors (Lipinski definition) is 3. The molecule has 0 spiro atoms. The molecule has 0 aromatic heterocycles. The number of benzene rings is 1. The summed E-state index contributed by atoms with van der Waals surface area (Å²) in [6, 6.07) is 10.2. The van der Waals surface area contributed by atoms with E-state index in [4.69, 9.17) is 4.74 Å². The summed E-state index contributed by atoms with van der Waals surface area (Å²) in [6.45, 7) is 6.35. The minimum absolute atomic E-state index is 0.221. The van der Waals surface area contributed by atoms with Crippen LogP contribution in [0.4, 0.5) is 0 Å². The summed E-state index contributed by atoms with van der Waals surface area (Å²) in [5.74, 6) is 1.53. The SMILES string of the molecule is COCCN(CC(C)C)C(=O)CCSc1ccccc1. The molecule has 0 saturated carbocycles. The van der Waals surface area contributed by atoms with E-state index in [2.05, 4.69) is 26.0 Å². The summed E-state index contributed by atoms with van der Waals surface area (Å²) in [5.41, 5.74) is 0. The van der Waals surface area contributed by atoms with Gasteiger partial charge in [-0.3, -0.25) is 4.79 Å². The van der Waals surface area contributed by atoms with Crippen molar-refractivity contribution in [1.29, 1.82) is 0 Å². The quantitative estimate of drug-likeness (QED) is 0.655. The minimum atomic E-state index is 0.221. The highest BCUT2D eigenvalue weighted by molar-refractivity contribution is 7.99. The van der Waals surface area contributed by atoms with E-state index >= 15 is 0 Å². The van der Waals surface area contributed by atoms with E-state index in [1.807, 2.05) is 23.1 Å². The Morgan fingerprint density at radius 1 is 1.30 bits per heavy atom. The summed E-state index contributed by atoms with van der Waals surface area (Å²) in [6.07, 6.45) is 0.579. The van der Waals surface area contributed by atoms with Crippen LogP contribution in [0.2, 0.25) is 0 Å². The van der Waals surface area contributed by atoms with Crippen LogP contribution in [0.3, 0.4) is 0 Å². The highest BCUT2D eigenvalue weighted by Gasteiger charge is 2.14. The third kappa shape index (κ3) is 6.96. The van der Waals surface area contributed by atoms with E-state index in [0.29, 0.717) is 25.5 Å². The first-order chi connectivity index (χ1) is 9.63. The molecule has 0 aliphatic heterocycles. The van der Waals surface area contributed by atoms with E-state index in [-0.39, 0.29) is 5.91 Å². The molecule has 0 bridgehead atoms. The number of rotatable bonds is 9. The van der Waals surface area contributed by atoms with Gasteiger partial charge in [0, 0.05) is 37.3 Å². The van der Waals surface area contributed by atoms with E-state index in [0.717, 1.165) is 12.3 Å². The lowest BCUT2D eigenvalue weighted by atomic mass is 10.2. The normalized spacial score (nSPS) is 10.8. The Labute approximate surface area is 126 Å². The van der Waals surface area contributed by atoms with Crippen LogP contribution in [0.15, 0.2) is 35.2 Å². The summed E-state index contributed by atoms with van der Waals surface area (Å²) in [4.78, 5) is 15.4. The zero-order valence-corrected chi connectivity index (χ0v) is 13.5. The fourth-order valence-corrected chi connectivity index (χ4v) is 2.75. The van der Waals surface area contributed by atoms with Gasteiger partial charge in [0.05, 0.1) is 6.61 Å². The fraction of sp³-hybridized carbons (Fsp3) is 0.562. The molecule has 3 nitrogen and oxygen atoms in total. The highest BCUT2D eigenvalue weighted by Crippen LogP contribution is 2.18. The Morgan fingerprint density at radius 3 is 2.60 bits per heavy atom. The van der Waals surface area contributed by atoms with Crippen LogP contribution in [0.25, 0.3) is 0 Å². The van der Waals surface area contributed by atoms with Gasteiger partial charge in [-0.2, -0.15) is 0 Å². The van der Waals surface area contributed by atoms with Gasteiger partial charge in [-0.15, -0.1) is 11.8 Å². The minimum Gasteiger partial charge on any atom is -0.383 e.